The van der Waals surface area contributed by atoms with E-state index in [-0.39, 0.29) is 6.42 Å². The third-order valence-electron chi connectivity index (χ3n) is 6.50. The Morgan fingerprint density at radius 3 is 2.29 bits per heavy atom. The number of esters is 3. The van der Waals surface area contributed by atoms with Crippen molar-refractivity contribution < 1.29 is 54.9 Å². The molecule has 4 rings (SSSR count). The van der Waals surface area contributed by atoms with E-state index < -0.39 is 78.2 Å². The van der Waals surface area contributed by atoms with Gasteiger partial charge < -0.3 is 14.2 Å². The van der Waals surface area contributed by atoms with E-state index in [9.17, 15) is 40.7 Å². The molecule has 7 unspecified atom stereocenters. The summed E-state index contributed by atoms with van der Waals surface area (Å²) in [6.45, 7) is 0. The van der Waals surface area contributed by atoms with Crippen molar-refractivity contribution in [2.45, 2.75) is 56.3 Å². The minimum Gasteiger partial charge on any atom is -0.458 e. The van der Waals surface area contributed by atoms with Crippen LogP contribution in [0.25, 0.3) is 0 Å². The highest BCUT2D eigenvalue weighted by Gasteiger charge is 2.71. The molecule has 4 aliphatic rings. The smallest absolute Gasteiger partial charge is 0.434 e. The van der Waals surface area contributed by atoms with E-state index in [1.54, 1.807) is 6.08 Å². The maximum absolute atomic E-state index is 12.8. The Morgan fingerprint density at radius 2 is 1.71 bits per heavy atom. The van der Waals surface area contributed by atoms with Crippen LogP contribution >= 0.6 is 0 Å². The lowest BCUT2D eigenvalue weighted by atomic mass is 9.78. The Labute approximate surface area is 171 Å². The second kappa shape index (κ2) is 7.40. The fraction of sp³-hybridized carbons (Fsp3) is 0.737. The number of ether oxygens (including phenoxy) is 3. The van der Waals surface area contributed by atoms with Crippen LogP contribution in [-0.4, -0.2) is 48.6 Å². The number of carbonyl (C=O) groups excluding carboxylic acids is 3. The van der Waals surface area contributed by atoms with Gasteiger partial charge in [0.1, 0.15) is 12.2 Å². The van der Waals surface area contributed by atoms with Gasteiger partial charge in [-0.25, -0.2) is 0 Å². The Balaban J connectivity index is 1.53. The lowest BCUT2D eigenvalue weighted by molar-refractivity contribution is -0.315. The Hall–Kier alpha value is -2.27. The monoisotopic (exact) mass is 456 g/mol. The van der Waals surface area contributed by atoms with Crippen LogP contribution in [0.15, 0.2) is 12.2 Å². The molecule has 2 bridgehead atoms. The van der Waals surface area contributed by atoms with Gasteiger partial charge in [-0.2, -0.15) is 26.3 Å². The quantitative estimate of drug-likeness (QED) is 0.280. The molecular weight excluding hydrogens is 438 g/mol. The van der Waals surface area contributed by atoms with Crippen molar-refractivity contribution in [3.63, 3.8) is 0 Å². The van der Waals surface area contributed by atoms with E-state index in [4.69, 9.17) is 9.47 Å². The molecule has 31 heavy (non-hydrogen) atoms. The highest BCUT2D eigenvalue weighted by molar-refractivity contribution is 5.86. The van der Waals surface area contributed by atoms with Crippen molar-refractivity contribution in [2.24, 2.45) is 29.6 Å². The zero-order valence-electron chi connectivity index (χ0n) is 15.8. The predicted molar refractivity (Wildman–Crippen MR) is 86.8 cm³/mol. The first-order valence-corrected chi connectivity index (χ1v) is 9.79. The van der Waals surface area contributed by atoms with Gasteiger partial charge in [0, 0.05) is 11.8 Å². The highest BCUT2D eigenvalue weighted by Crippen LogP contribution is 2.59. The number of halogens is 6. The van der Waals surface area contributed by atoms with Gasteiger partial charge in [-0.3, -0.25) is 14.4 Å². The van der Waals surface area contributed by atoms with Gasteiger partial charge in [-0.05, 0) is 25.7 Å². The van der Waals surface area contributed by atoms with Crippen LogP contribution in [0.1, 0.15) is 25.7 Å². The largest absolute Gasteiger partial charge is 0.458 e. The number of hydrogen-bond donors (Lipinski definition) is 0. The van der Waals surface area contributed by atoms with E-state index in [1.807, 2.05) is 6.08 Å². The summed E-state index contributed by atoms with van der Waals surface area (Å²) in [6.07, 6.45) is -12.6. The topological polar surface area (TPSA) is 78.9 Å². The van der Waals surface area contributed by atoms with Gasteiger partial charge in [0.05, 0.1) is 17.8 Å². The molecule has 0 amide bonds. The molecule has 3 fully saturated rings. The Kier molecular flexibility index (Phi) is 5.24. The van der Waals surface area contributed by atoms with Gasteiger partial charge in [0.2, 0.25) is 0 Å². The van der Waals surface area contributed by atoms with Crippen molar-refractivity contribution >= 4 is 17.9 Å². The minimum atomic E-state index is -5.87. The summed E-state index contributed by atoms with van der Waals surface area (Å²) < 4.78 is 91.3. The summed E-state index contributed by atoms with van der Waals surface area (Å²) in [5.74, 6) is -8.16. The number of fused-ring (bicyclic) bond motifs is 1. The molecule has 1 heterocycles. The van der Waals surface area contributed by atoms with Crippen LogP contribution in [0, 0.1) is 29.6 Å². The summed E-state index contributed by atoms with van der Waals surface area (Å²) >= 11 is 0. The van der Waals surface area contributed by atoms with E-state index >= 15 is 0 Å². The number of alkyl halides is 6. The van der Waals surface area contributed by atoms with Gasteiger partial charge >= 0.3 is 30.3 Å². The number of carbonyl (C=O) groups is 3. The third kappa shape index (κ3) is 3.78. The normalized spacial score (nSPS) is 36.6. The van der Waals surface area contributed by atoms with Gasteiger partial charge in [0.15, 0.2) is 0 Å². The average Bonchev–Trinajstić information content (AvgIpc) is 3.28. The summed E-state index contributed by atoms with van der Waals surface area (Å²) in [5.41, 5.74) is 0. The van der Waals surface area contributed by atoms with Gasteiger partial charge in [0.25, 0.3) is 6.10 Å². The fourth-order valence-corrected chi connectivity index (χ4v) is 5.22. The van der Waals surface area contributed by atoms with Gasteiger partial charge in [-0.15, -0.1) is 0 Å². The van der Waals surface area contributed by atoms with Crippen molar-refractivity contribution in [1.82, 2.24) is 0 Å². The summed E-state index contributed by atoms with van der Waals surface area (Å²) in [7, 11) is 0. The second-order valence-electron chi connectivity index (χ2n) is 8.30. The molecule has 0 spiro atoms. The SMILES string of the molecule is O=C(OC1C2CC3C1OC(=O)C3C2C(=O)OC(C(F)(F)F)C(F)(F)F)C1CC=CCC1. The fourth-order valence-electron chi connectivity index (χ4n) is 5.22. The molecular formula is C19H18F6O6. The van der Waals surface area contributed by atoms with Crippen LogP contribution in [0.2, 0.25) is 0 Å². The number of rotatable bonds is 4. The maximum atomic E-state index is 12.8. The number of allylic oxidation sites excluding steroid dienone is 2. The van der Waals surface area contributed by atoms with Crippen molar-refractivity contribution in [3.05, 3.63) is 12.2 Å². The molecule has 3 aliphatic carbocycles. The first kappa shape index (κ1) is 21.9. The molecule has 0 aromatic rings. The molecule has 12 heteroatoms. The zero-order chi connectivity index (χ0) is 22.7. The average molecular weight is 456 g/mol. The van der Waals surface area contributed by atoms with Crippen molar-refractivity contribution in [3.8, 4) is 0 Å². The predicted octanol–water partition coefficient (Wildman–Crippen LogP) is 3.10. The standard InChI is InChI=1S/C19H18F6O6/c20-18(21,22)17(19(23,24)25)31-16(28)11-9-6-8-10(11)15(27)30-13(8)12(9)29-14(26)7-4-2-1-3-5-7/h1-2,7-13,17H,3-6H2. The van der Waals surface area contributed by atoms with E-state index in [2.05, 4.69) is 4.74 Å². The minimum absolute atomic E-state index is 0.103. The van der Waals surface area contributed by atoms with Crippen LogP contribution in [0.3, 0.4) is 0 Å². The molecule has 6 nitrogen and oxygen atoms in total. The molecule has 0 aromatic carbocycles. The van der Waals surface area contributed by atoms with Crippen LogP contribution < -0.4 is 0 Å². The molecule has 0 radical (unpaired) electrons. The molecule has 172 valence electrons. The molecule has 2 saturated carbocycles. The summed E-state index contributed by atoms with van der Waals surface area (Å²) in [4.78, 5) is 37.1. The first-order chi connectivity index (χ1) is 14.4. The third-order valence-corrected chi connectivity index (χ3v) is 6.50. The van der Waals surface area contributed by atoms with Crippen LogP contribution in [0.5, 0.6) is 0 Å². The molecule has 1 aliphatic heterocycles. The summed E-state index contributed by atoms with van der Waals surface area (Å²) in [6, 6.07) is 0. The second-order valence-corrected chi connectivity index (χ2v) is 8.30. The van der Waals surface area contributed by atoms with Gasteiger partial charge in [-0.1, -0.05) is 12.2 Å². The Morgan fingerprint density at radius 1 is 1.03 bits per heavy atom. The molecule has 7 atom stereocenters. The maximum Gasteiger partial charge on any atom is 0.434 e. The van der Waals surface area contributed by atoms with Crippen molar-refractivity contribution in [1.29, 1.82) is 0 Å². The molecule has 0 aromatic heterocycles. The molecule has 1 saturated heterocycles. The van der Waals surface area contributed by atoms with E-state index in [0.717, 1.165) is 0 Å². The highest BCUT2D eigenvalue weighted by atomic mass is 19.4. The van der Waals surface area contributed by atoms with Crippen LogP contribution in [-0.2, 0) is 28.6 Å². The number of hydrogen-bond acceptors (Lipinski definition) is 6. The van der Waals surface area contributed by atoms with E-state index in [0.29, 0.717) is 19.3 Å². The lowest BCUT2D eigenvalue weighted by Gasteiger charge is -2.32. The lowest BCUT2D eigenvalue weighted by Crippen LogP contribution is -2.49. The molecule has 0 N–H and O–H groups in total. The Bertz CT molecular complexity index is 791. The zero-order valence-corrected chi connectivity index (χ0v) is 15.8. The van der Waals surface area contributed by atoms with Crippen LogP contribution in [0.4, 0.5) is 26.3 Å². The van der Waals surface area contributed by atoms with E-state index in [1.165, 1.54) is 0 Å². The first-order valence-electron chi connectivity index (χ1n) is 9.79. The summed E-state index contributed by atoms with van der Waals surface area (Å²) in [5, 5.41) is 0. The van der Waals surface area contributed by atoms with Crippen molar-refractivity contribution in [2.75, 3.05) is 0 Å².